The predicted molar refractivity (Wildman–Crippen MR) is 112 cm³/mol. The first-order chi connectivity index (χ1) is 14.9. The maximum Gasteiger partial charge on any atom is 0.387 e. The third kappa shape index (κ3) is 5.32. The van der Waals surface area contributed by atoms with Crippen LogP contribution < -0.4 is 4.74 Å². The van der Waals surface area contributed by atoms with E-state index in [2.05, 4.69) is 11.7 Å². The highest BCUT2D eigenvalue weighted by Crippen LogP contribution is 2.37. The summed E-state index contributed by atoms with van der Waals surface area (Å²) in [5.74, 6) is -2.02. The fourth-order valence-electron chi connectivity index (χ4n) is 3.49. The molecule has 0 spiro atoms. The van der Waals surface area contributed by atoms with Crippen molar-refractivity contribution in [2.45, 2.75) is 39.2 Å². The third-order valence-electron chi connectivity index (χ3n) is 5.07. The zero-order chi connectivity index (χ0) is 22.4. The van der Waals surface area contributed by atoms with Gasteiger partial charge in [0, 0.05) is 5.56 Å². The molecule has 0 bridgehead atoms. The van der Waals surface area contributed by atoms with Crippen molar-refractivity contribution in [2.75, 3.05) is 0 Å². The minimum Gasteiger partial charge on any atom is -0.435 e. The summed E-state index contributed by atoms with van der Waals surface area (Å²) in [7, 11) is 0. The Kier molecular flexibility index (Phi) is 7.45. The summed E-state index contributed by atoms with van der Waals surface area (Å²) in [4.78, 5) is 11.3. The van der Waals surface area contributed by atoms with Crippen molar-refractivity contribution in [1.29, 1.82) is 0 Å². The number of alkyl halides is 2. The number of aryl methyl sites for hydroxylation is 1. The van der Waals surface area contributed by atoms with Gasteiger partial charge < -0.3 is 4.74 Å². The lowest BCUT2D eigenvalue weighted by Crippen LogP contribution is -2.02. The molecule has 0 heterocycles. The van der Waals surface area contributed by atoms with E-state index in [1.165, 1.54) is 24.3 Å². The highest BCUT2D eigenvalue weighted by Gasteiger charge is 2.21. The van der Waals surface area contributed by atoms with E-state index in [0.29, 0.717) is 11.1 Å². The Hall–Kier alpha value is -3.15. The number of unbranched alkanes of at least 4 members (excludes halogenated alkanes) is 2. The van der Waals surface area contributed by atoms with E-state index in [0.717, 1.165) is 37.3 Å². The Morgan fingerprint density at radius 1 is 0.935 bits per heavy atom. The average Bonchev–Trinajstić information content (AvgIpc) is 2.75. The Morgan fingerprint density at radius 3 is 2.16 bits per heavy atom. The van der Waals surface area contributed by atoms with Gasteiger partial charge in [-0.25, -0.2) is 8.78 Å². The Balaban J connectivity index is 2.05. The van der Waals surface area contributed by atoms with Crippen molar-refractivity contribution >= 4 is 6.29 Å². The van der Waals surface area contributed by atoms with Crippen molar-refractivity contribution in [3.8, 4) is 28.0 Å². The fraction of sp³-hybridized carbons (Fsp3) is 0.240. The molecule has 3 rings (SSSR count). The number of halogens is 4. The number of aldehydes is 1. The molecule has 2 nitrogen and oxygen atoms in total. The van der Waals surface area contributed by atoms with Gasteiger partial charge in [-0.05, 0) is 53.3 Å². The molecular formula is C25H22F4O2. The van der Waals surface area contributed by atoms with E-state index in [4.69, 9.17) is 0 Å². The maximum absolute atomic E-state index is 15.2. The number of hydrogen-bond acceptors (Lipinski definition) is 2. The highest BCUT2D eigenvalue weighted by atomic mass is 19.3. The molecule has 3 aromatic carbocycles. The van der Waals surface area contributed by atoms with Gasteiger partial charge >= 0.3 is 6.61 Å². The number of ether oxygens (including phenoxy) is 1. The summed E-state index contributed by atoms with van der Waals surface area (Å²) in [5, 5.41) is 0. The van der Waals surface area contributed by atoms with Crippen LogP contribution in [0.4, 0.5) is 17.6 Å². The SMILES string of the molecule is CCCCCc1ccc(-c2c(-c3ccc(OC(F)F)cc3)cc(F)c(C=O)c2F)cc1. The summed E-state index contributed by atoms with van der Waals surface area (Å²) in [6.45, 7) is -0.849. The minimum absolute atomic E-state index is 0.0674. The van der Waals surface area contributed by atoms with Gasteiger partial charge in [0.1, 0.15) is 17.4 Å². The van der Waals surface area contributed by atoms with Gasteiger partial charge in [-0.2, -0.15) is 8.78 Å². The third-order valence-corrected chi connectivity index (χ3v) is 5.07. The van der Waals surface area contributed by atoms with Gasteiger partial charge in [0.05, 0.1) is 5.56 Å². The molecule has 0 fully saturated rings. The first-order valence-electron chi connectivity index (χ1n) is 10.1. The molecule has 0 atom stereocenters. The summed E-state index contributed by atoms with van der Waals surface area (Å²) in [6.07, 6.45) is 4.33. The number of carbonyl (C=O) groups is 1. The van der Waals surface area contributed by atoms with Crippen LogP contribution in [0.1, 0.15) is 42.1 Å². The summed E-state index contributed by atoms with van der Waals surface area (Å²) >= 11 is 0. The average molecular weight is 430 g/mol. The van der Waals surface area contributed by atoms with Crippen molar-refractivity contribution in [3.05, 3.63) is 77.4 Å². The van der Waals surface area contributed by atoms with E-state index in [-0.39, 0.29) is 23.2 Å². The second kappa shape index (κ2) is 10.2. The Morgan fingerprint density at radius 2 is 1.58 bits per heavy atom. The van der Waals surface area contributed by atoms with Crippen molar-refractivity contribution in [3.63, 3.8) is 0 Å². The largest absolute Gasteiger partial charge is 0.435 e. The monoisotopic (exact) mass is 430 g/mol. The normalized spacial score (nSPS) is 11.0. The summed E-state index contributed by atoms with van der Waals surface area (Å²) < 4.78 is 58.7. The maximum atomic E-state index is 15.2. The van der Waals surface area contributed by atoms with Crippen LogP contribution in [0.25, 0.3) is 22.3 Å². The summed E-state index contributed by atoms with van der Waals surface area (Å²) in [6, 6.07) is 13.8. The molecule has 0 N–H and O–H groups in total. The van der Waals surface area contributed by atoms with E-state index >= 15 is 4.39 Å². The molecule has 3 aromatic rings. The van der Waals surface area contributed by atoms with E-state index in [9.17, 15) is 18.0 Å². The van der Waals surface area contributed by atoms with Crippen molar-refractivity contribution < 1.29 is 27.1 Å². The molecule has 0 unspecified atom stereocenters. The van der Waals surface area contributed by atoms with E-state index in [1.54, 1.807) is 12.1 Å². The molecule has 0 aromatic heterocycles. The zero-order valence-corrected chi connectivity index (χ0v) is 17.0. The lowest BCUT2D eigenvalue weighted by Gasteiger charge is -2.15. The van der Waals surface area contributed by atoms with Gasteiger partial charge in [0.2, 0.25) is 0 Å². The van der Waals surface area contributed by atoms with Crippen molar-refractivity contribution in [1.82, 2.24) is 0 Å². The van der Waals surface area contributed by atoms with Crippen LogP contribution in [-0.2, 0) is 6.42 Å². The van der Waals surface area contributed by atoms with Gasteiger partial charge in [-0.15, -0.1) is 0 Å². The van der Waals surface area contributed by atoms with Gasteiger partial charge in [0.25, 0.3) is 0 Å². The van der Waals surface area contributed by atoms with Crippen LogP contribution in [-0.4, -0.2) is 12.9 Å². The first kappa shape index (κ1) is 22.5. The van der Waals surface area contributed by atoms with Crippen LogP contribution in [0.2, 0.25) is 0 Å². The smallest absolute Gasteiger partial charge is 0.387 e. The lowest BCUT2D eigenvalue weighted by atomic mass is 9.91. The fourth-order valence-corrected chi connectivity index (χ4v) is 3.49. The van der Waals surface area contributed by atoms with Gasteiger partial charge in [-0.3, -0.25) is 4.79 Å². The Labute approximate surface area is 178 Å². The second-order valence-electron chi connectivity index (χ2n) is 7.18. The van der Waals surface area contributed by atoms with Crippen LogP contribution in [0, 0.1) is 11.6 Å². The molecule has 162 valence electrons. The quantitative estimate of drug-likeness (QED) is 0.200. The van der Waals surface area contributed by atoms with E-state index in [1.807, 2.05) is 12.1 Å². The lowest BCUT2D eigenvalue weighted by molar-refractivity contribution is -0.0498. The molecule has 0 aliphatic rings. The number of hydrogen-bond donors (Lipinski definition) is 0. The highest BCUT2D eigenvalue weighted by molar-refractivity contribution is 5.89. The molecule has 0 amide bonds. The van der Waals surface area contributed by atoms with Gasteiger partial charge in [-0.1, -0.05) is 56.2 Å². The second-order valence-corrected chi connectivity index (χ2v) is 7.18. The van der Waals surface area contributed by atoms with E-state index < -0.39 is 23.8 Å². The Bertz CT molecular complexity index is 1030. The first-order valence-corrected chi connectivity index (χ1v) is 10.1. The van der Waals surface area contributed by atoms with Gasteiger partial charge in [0.15, 0.2) is 6.29 Å². The molecule has 31 heavy (non-hydrogen) atoms. The molecule has 0 saturated carbocycles. The van der Waals surface area contributed by atoms with Crippen molar-refractivity contribution in [2.24, 2.45) is 0 Å². The molecule has 6 heteroatoms. The van der Waals surface area contributed by atoms with Crippen LogP contribution in [0.3, 0.4) is 0 Å². The van der Waals surface area contributed by atoms with Crippen LogP contribution in [0.5, 0.6) is 5.75 Å². The number of benzene rings is 3. The molecular weight excluding hydrogens is 408 g/mol. The number of carbonyl (C=O) groups excluding carboxylic acids is 1. The van der Waals surface area contributed by atoms with Crippen LogP contribution >= 0.6 is 0 Å². The zero-order valence-electron chi connectivity index (χ0n) is 17.0. The molecule has 0 saturated heterocycles. The molecule has 0 radical (unpaired) electrons. The standard InChI is InChI=1S/C25H22F4O2/c1-2-3-4-5-16-6-8-18(9-7-16)23-20(14-22(26)21(15-30)24(23)27)17-10-12-19(13-11-17)31-25(28)29/h6-15,25H,2-5H2,1H3. The molecule has 0 aliphatic carbocycles. The predicted octanol–water partition coefficient (Wildman–Crippen LogP) is 7.45. The number of rotatable bonds is 9. The minimum atomic E-state index is -2.97. The topological polar surface area (TPSA) is 26.3 Å². The molecule has 0 aliphatic heterocycles. The summed E-state index contributed by atoms with van der Waals surface area (Å²) in [5.41, 5.74) is 1.63. The van der Waals surface area contributed by atoms with Crippen LogP contribution in [0.15, 0.2) is 54.6 Å².